The fourth-order valence-corrected chi connectivity index (χ4v) is 5.58. The standard InChI is InChI=1S/C23H28BrIN4O3/c1-14-11-29(12-21(25)32-14)23(30)17-7-16(24)8-18(26)22(17)28-19-9-27-10-20(19)31-13-15-5-3-2-4-6-15/h2-8,14,19-21,27-28H,9-13,26H2,1H3/t14-,19?,20+,21-/m1/s1. The van der Waals surface area contributed by atoms with Crippen LogP contribution in [-0.2, 0) is 16.1 Å². The fraction of sp³-hybridized carbons (Fsp3) is 0.435. The average Bonchev–Trinajstić information content (AvgIpc) is 3.20. The van der Waals surface area contributed by atoms with Gasteiger partial charge in [0, 0.05) is 24.1 Å². The number of nitrogens with two attached hydrogens (primary N) is 1. The molecule has 4 atom stereocenters. The highest BCUT2D eigenvalue weighted by Gasteiger charge is 2.32. The summed E-state index contributed by atoms with van der Waals surface area (Å²) in [5.74, 6) is -0.0509. The Morgan fingerprint density at radius 3 is 2.84 bits per heavy atom. The highest BCUT2D eigenvalue weighted by molar-refractivity contribution is 14.1. The van der Waals surface area contributed by atoms with Crippen LogP contribution in [0.2, 0.25) is 0 Å². The smallest absolute Gasteiger partial charge is 0.256 e. The van der Waals surface area contributed by atoms with E-state index in [1.807, 2.05) is 42.2 Å². The first-order valence-corrected chi connectivity index (χ1v) is 12.7. The average molecular weight is 615 g/mol. The zero-order chi connectivity index (χ0) is 22.7. The largest absolute Gasteiger partial charge is 0.397 e. The van der Waals surface area contributed by atoms with Gasteiger partial charge in [0.2, 0.25) is 0 Å². The van der Waals surface area contributed by atoms with Gasteiger partial charge in [0.15, 0.2) is 0 Å². The molecule has 2 aromatic carbocycles. The van der Waals surface area contributed by atoms with Gasteiger partial charge < -0.3 is 30.7 Å². The first-order valence-electron chi connectivity index (χ1n) is 10.7. The summed E-state index contributed by atoms with van der Waals surface area (Å²) in [6.45, 7) is 5.09. The third-order valence-electron chi connectivity index (χ3n) is 5.67. The highest BCUT2D eigenvalue weighted by atomic mass is 127. The predicted octanol–water partition coefficient (Wildman–Crippen LogP) is 3.62. The van der Waals surface area contributed by atoms with Crippen molar-refractivity contribution in [2.24, 2.45) is 0 Å². The van der Waals surface area contributed by atoms with E-state index in [-0.39, 0.29) is 28.3 Å². The molecule has 0 radical (unpaired) electrons. The highest BCUT2D eigenvalue weighted by Crippen LogP contribution is 2.32. The Kier molecular flexibility index (Phi) is 7.93. The monoisotopic (exact) mass is 614 g/mol. The van der Waals surface area contributed by atoms with Gasteiger partial charge in [0.25, 0.3) is 5.91 Å². The second-order valence-electron chi connectivity index (χ2n) is 8.23. The number of nitrogen functional groups attached to an aromatic ring is 1. The van der Waals surface area contributed by atoms with Crippen molar-refractivity contribution in [1.29, 1.82) is 0 Å². The number of nitrogens with one attached hydrogen (secondary N) is 2. The van der Waals surface area contributed by atoms with Crippen molar-refractivity contribution in [3.63, 3.8) is 0 Å². The quantitative estimate of drug-likeness (QED) is 0.262. The number of amides is 1. The van der Waals surface area contributed by atoms with E-state index >= 15 is 0 Å². The number of hydrogen-bond acceptors (Lipinski definition) is 6. The molecule has 4 N–H and O–H groups in total. The summed E-state index contributed by atoms with van der Waals surface area (Å²) in [5.41, 5.74) is 9.26. The predicted molar refractivity (Wildman–Crippen MR) is 138 cm³/mol. The molecular formula is C23H28BrIN4O3. The first-order chi connectivity index (χ1) is 15.4. The molecule has 1 amide bonds. The Bertz CT molecular complexity index is 938. The number of anilines is 2. The summed E-state index contributed by atoms with van der Waals surface area (Å²) in [5, 5.41) is 6.90. The summed E-state index contributed by atoms with van der Waals surface area (Å²) >= 11 is 5.72. The molecule has 32 heavy (non-hydrogen) atoms. The Labute approximate surface area is 210 Å². The molecule has 1 unspecified atom stereocenters. The number of carbonyl (C=O) groups is 1. The van der Waals surface area contributed by atoms with E-state index in [0.29, 0.717) is 36.6 Å². The van der Waals surface area contributed by atoms with Gasteiger partial charge in [-0.2, -0.15) is 0 Å². The summed E-state index contributed by atoms with van der Waals surface area (Å²) < 4.78 is 12.7. The summed E-state index contributed by atoms with van der Waals surface area (Å²) in [4.78, 5) is 15.3. The normalized spacial score (nSPS) is 25.7. The van der Waals surface area contributed by atoms with Crippen LogP contribution in [0, 0.1) is 0 Å². The molecule has 0 spiro atoms. The Balaban J connectivity index is 1.52. The summed E-state index contributed by atoms with van der Waals surface area (Å²) in [7, 11) is 0. The lowest BCUT2D eigenvalue weighted by Crippen LogP contribution is -2.47. The van der Waals surface area contributed by atoms with Crippen LogP contribution < -0.4 is 16.4 Å². The van der Waals surface area contributed by atoms with E-state index in [9.17, 15) is 4.79 Å². The van der Waals surface area contributed by atoms with E-state index in [1.165, 1.54) is 0 Å². The number of rotatable bonds is 6. The van der Waals surface area contributed by atoms with Crippen LogP contribution in [0.15, 0.2) is 46.9 Å². The van der Waals surface area contributed by atoms with Gasteiger partial charge in [-0.3, -0.25) is 4.79 Å². The van der Waals surface area contributed by atoms with Crippen LogP contribution in [0.5, 0.6) is 0 Å². The van der Waals surface area contributed by atoms with Gasteiger partial charge in [-0.1, -0.05) is 46.3 Å². The molecule has 9 heteroatoms. The van der Waals surface area contributed by atoms with E-state index < -0.39 is 0 Å². The lowest BCUT2D eigenvalue weighted by Gasteiger charge is -2.35. The van der Waals surface area contributed by atoms with E-state index in [4.69, 9.17) is 15.2 Å². The zero-order valence-corrected chi connectivity index (χ0v) is 21.6. The summed E-state index contributed by atoms with van der Waals surface area (Å²) in [6.07, 6.45) is -0.0475. The van der Waals surface area contributed by atoms with E-state index in [0.717, 1.165) is 23.1 Å². The van der Waals surface area contributed by atoms with Crippen LogP contribution in [0.25, 0.3) is 0 Å². The van der Waals surface area contributed by atoms with Gasteiger partial charge >= 0.3 is 0 Å². The van der Waals surface area contributed by atoms with Crippen molar-refractivity contribution >= 4 is 55.8 Å². The molecule has 2 heterocycles. The zero-order valence-electron chi connectivity index (χ0n) is 17.9. The molecule has 2 fully saturated rings. The molecule has 2 aliphatic heterocycles. The number of alkyl halides is 1. The molecule has 172 valence electrons. The number of morpholine rings is 1. The van der Waals surface area contributed by atoms with Crippen molar-refractivity contribution in [2.45, 2.75) is 35.9 Å². The molecule has 0 aromatic heterocycles. The Morgan fingerprint density at radius 1 is 1.31 bits per heavy atom. The fourth-order valence-electron chi connectivity index (χ4n) is 4.13. The second kappa shape index (κ2) is 10.7. The lowest BCUT2D eigenvalue weighted by molar-refractivity contribution is -0.0212. The minimum Gasteiger partial charge on any atom is -0.397 e. The SMILES string of the molecule is C[C@@H]1CN(C(=O)c2cc(Br)cc(N)c2NC2CNC[C@@H]2OCc2ccccc2)C[C@H](I)O1. The maximum absolute atomic E-state index is 13.5. The Morgan fingerprint density at radius 2 is 2.09 bits per heavy atom. The van der Waals surface area contributed by atoms with Gasteiger partial charge in [-0.15, -0.1) is 0 Å². The topological polar surface area (TPSA) is 88.9 Å². The van der Waals surface area contributed by atoms with Crippen LogP contribution in [0.3, 0.4) is 0 Å². The maximum atomic E-state index is 13.5. The first kappa shape index (κ1) is 23.7. The number of carbonyl (C=O) groups excluding carboxylic acids is 1. The molecule has 4 rings (SSSR count). The molecular weight excluding hydrogens is 587 g/mol. The number of nitrogens with zero attached hydrogens (tertiary/aromatic N) is 1. The van der Waals surface area contributed by atoms with Crippen LogP contribution >= 0.6 is 38.5 Å². The minimum atomic E-state index is -0.0509. The van der Waals surface area contributed by atoms with Gasteiger partial charge in [0.1, 0.15) is 4.11 Å². The van der Waals surface area contributed by atoms with Crippen molar-refractivity contribution in [2.75, 3.05) is 37.2 Å². The van der Waals surface area contributed by atoms with Gasteiger partial charge in [0.05, 0.1) is 48.3 Å². The van der Waals surface area contributed by atoms with Crippen molar-refractivity contribution in [3.05, 3.63) is 58.1 Å². The van der Waals surface area contributed by atoms with Crippen molar-refractivity contribution < 1.29 is 14.3 Å². The molecule has 0 aliphatic carbocycles. The van der Waals surface area contributed by atoms with E-state index in [1.54, 1.807) is 0 Å². The maximum Gasteiger partial charge on any atom is 0.256 e. The van der Waals surface area contributed by atoms with Crippen LogP contribution in [0.1, 0.15) is 22.8 Å². The summed E-state index contributed by atoms with van der Waals surface area (Å²) in [6, 6.07) is 13.8. The third-order valence-corrected chi connectivity index (χ3v) is 6.81. The van der Waals surface area contributed by atoms with Crippen LogP contribution in [0.4, 0.5) is 11.4 Å². The van der Waals surface area contributed by atoms with Gasteiger partial charge in [-0.05, 0) is 47.2 Å². The lowest BCUT2D eigenvalue weighted by atomic mass is 10.1. The molecule has 2 aromatic rings. The third kappa shape index (κ3) is 5.74. The van der Waals surface area contributed by atoms with Crippen molar-refractivity contribution in [1.82, 2.24) is 10.2 Å². The number of ether oxygens (including phenoxy) is 2. The molecule has 0 bridgehead atoms. The van der Waals surface area contributed by atoms with Crippen LogP contribution in [-0.4, -0.2) is 59.3 Å². The number of halogens is 2. The molecule has 2 saturated heterocycles. The van der Waals surface area contributed by atoms with Crippen molar-refractivity contribution in [3.8, 4) is 0 Å². The minimum absolute atomic E-state index is 0.00493. The van der Waals surface area contributed by atoms with Gasteiger partial charge in [-0.25, -0.2) is 0 Å². The number of benzene rings is 2. The second-order valence-corrected chi connectivity index (χ2v) is 10.5. The molecule has 0 saturated carbocycles. The Hall–Kier alpha value is -1.40. The number of hydrogen-bond donors (Lipinski definition) is 3. The molecule has 7 nitrogen and oxygen atoms in total. The molecule has 2 aliphatic rings. The van der Waals surface area contributed by atoms with E-state index in [2.05, 4.69) is 61.3 Å².